The highest BCUT2D eigenvalue weighted by Crippen LogP contribution is 2.38. The molecule has 0 spiro atoms. The smallest absolute Gasteiger partial charge is 0.344 e. The zero-order valence-corrected chi connectivity index (χ0v) is 17.6. The summed E-state index contributed by atoms with van der Waals surface area (Å²) in [6, 6.07) is 1.29. The van der Waals surface area contributed by atoms with Crippen molar-refractivity contribution in [2.24, 2.45) is 11.8 Å². The van der Waals surface area contributed by atoms with E-state index in [1.54, 1.807) is 10.7 Å². The summed E-state index contributed by atoms with van der Waals surface area (Å²) in [7, 11) is 0. The van der Waals surface area contributed by atoms with Crippen molar-refractivity contribution in [1.29, 1.82) is 0 Å². The fraction of sp³-hybridized carbons (Fsp3) is 0.600. The minimum absolute atomic E-state index is 0.00936. The van der Waals surface area contributed by atoms with Gasteiger partial charge in [-0.15, -0.1) is 0 Å². The predicted octanol–water partition coefficient (Wildman–Crippen LogP) is 2.95. The van der Waals surface area contributed by atoms with E-state index in [2.05, 4.69) is 11.7 Å². The summed E-state index contributed by atoms with van der Waals surface area (Å²) >= 11 is 6.19. The Morgan fingerprint density at radius 3 is 2.68 bits per heavy atom. The first kappa shape index (κ1) is 22.1. The number of rotatable bonds is 10. The Bertz CT molecular complexity index is 759. The van der Waals surface area contributed by atoms with Crippen LogP contribution in [0.15, 0.2) is 18.7 Å². The second-order valence-corrected chi connectivity index (χ2v) is 7.77. The molecule has 1 saturated heterocycles. The van der Waals surface area contributed by atoms with Crippen molar-refractivity contribution < 1.29 is 19.1 Å². The monoisotopic (exact) mass is 409 g/mol. The number of aryl methyl sites for hydroxylation is 2. The summed E-state index contributed by atoms with van der Waals surface area (Å²) in [5.41, 5.74) is 0.0168. The van der Waals surface area contributed by atoms with Crippen LogP contribution in [-0.4, -0.2) is 50.5 Å². The molecule has 1 aliphatic heterocycles. The molecule has 1 unspecified atom stereocenters. The van der Waals surface area contributed by atoms with Gasteiger partial charge in [-0.25, -0.2) is 4.79 Å². The number of β-lactam (4-membered cyclic amide) rings is 1. The van der Waals surface area contributed by atoms with Gasteiger partial charge in [0.1, 0.15) is 12.3 Å². The molecule has 28 heavy (non-hydrogen) atoms. The lowest BCUT2D eigenvalue weighted by molar-refractivity contribution is -0.169. The Kier molecular flexibility index (Phi) is 7.41. The van der Waals surface area contributed by atoms with Crippen molar-refractivity contribution in [1.82, 2.24) is 14.7 Å². The standard InChI is InChI=1S/C20H28ClN3O4/c1-6-8-23-13(5)10-14(22-23)16(25)11-15-17(12(3)4)19(26)24(15)18(21)20(27)28-9-7-2/h7,10,12,15,17-18H,2,6,8-9,11H2,1,3-5H3/t15-,17-,18?/m1/s1. The van der Waals surface area contributed by atoms with Crippen LogP contribution in [0.2, 0.25) is 0 Å². The molecule has 1 fully saturated rings. The van der Waals surface area contributed by atoms with E-state index in [1.165, 1.54) is 11.0 Å². The molecule has 0 aromatic carbocycles. The fourth-order valence-corrected chi connectivity index (χ4v) is 3.83. The molecule has 0 aliphatic carbocycles. The van der Waals surface area contributed by atoms with E-state index in [9.17, 15) is 14.4 Å². The van der Waals surface area contributed by atoms with E-state index in [1.807, 2.05) is 27.7 Å². The minimum atomic E-state index is -1.26. The summed E-state index contributed by atoms with van der Waals surface area (Å²) in [5, 5.41) is 4.37. The third-order valence-corrected chi connectivity index (χ3v) is 5.30. The number of alkyl halides is 1. The highest BCUT2D eigenvalue weighted by Gasteiger charge is 2.53. The number of aromatic nitrogens is 2. The highest BCUT2D eigenvalue weighted by atomic mass is 35.5. The third-order valence-electron chi connectivity index (χ3n) is 4.91. The van der Waals surface area contributed by atoms with Crippen molar-refractivity contribution >= 4 is 29.3 Å². The average Bonchev–Trinajstić information content (AvgIpc) is 2.99. The van der Waals surface area contributed by atoms with E-state index in [0.717, 1.165) is 18.7 Å². The quantitative estimate of drug-likeness (QED) is 0.148. The number of nitrogens with zero attached hydrogens (tertiary/aromatic N) is 3. The fourth-order valence-electron chi connectivity index (χ4n) is 3.53. The third kappa shape index (κ3) is 4.46. The molecule has 8 heteroatoms. The molecule has 1 aromatic heterocycles. The first-order valence-corrected chi connectivity index (χ1v) is 9.97. The van der Waals surface area contributed by atoms with Gasteiger partial charge in [0.15, 0.2) is 5.78 Å². The predicted molar refractivity (Wildman–Crippen MR) is 106 cm³/mol. The minimum Gasteiger partial charge on any atom is -0.459 e. The van der Waals surface area contributed by atoms with Crippen LogP contribution in [0.1, 0.15) is 49.8 Å². The van der Waals surface area contributed by atoms with E-state index < -0.39 is 17.5 Å². The lowest BCUT2D eigenvalue weighted by Crippen LogP contribution is -2.66. The summed E-state index contributed by atoms with van der Waals surface area (Å²) in [6.45, 7) is 12.0. The van der Waals surface area contributed by atoms with Crippen LogP contribution in [0.5, 0.6) is 0 Å². The number of ether oxygens (including phenoxy) is 1. The number of esters is 1. The van der Waals surface area contributed by atoms with E-state index in [4.69, 9.17) is 16.3 Å². The van der Waals surface area contributed by atoms with Gasteiger partial charge in [0.05, 0.1) is 12.0 Å². The molecule has 0 bridgehead atoms. The SMILES string of the molecule is C=CCOC(=O)C(Cl)N1C(=O)[C@H](C(C)C)[C@H]1CC(=O)c1cc(C)n(CCC)n1. The molecule has 0 N–H and O–H groups in total. The molecule has 154 valence electrons. The largest absolute Gasteiger partial charge is 0.459 e. The number of carbonyl (C=O) groups is 3. The highest BCUT2D eigenvalue weighted by molar-refractivity contribution is 6.31. The number of Topliss-reactive ketones (excluding diaryl/α,β-unsaturated/α-hetero) is 1. The number of hydrogen-bond donors (Lipinski definition) is 0. The van der Waals surface area contributed by atoms with Gasteiger partial charge in [0, 0.05) is 18.7 Å². The van der Waals surface area contributed by atoms with Crippen molar-refractivity contribution in [2.45, 2.75) is 58.6 Å². The summed E-state index contributed by atoms with van der Waals surface area (Å²) < 4.78 is 6.75. The number of ketones is 1. The normalized spacial score (nSPS) is 20.1. The maximum absolute atomic E-state index is 12.8. The summed E-state index contributed by atoms with van der Waals surface area (Å²) in [5.74, 6) is -1.48. The van der Waals surface area contributed by atoms with Crippen molar-refractivity contribution in [3.8, 4) is 0 Å². The molecule has 1 aliphatic rings. The van der Waals surface area contributed by atoms with Gasteiger partial charge >= 0.3 is 5.97 Å². The molecule has 2 rings (SSSR count). The van der Waals surface area contributed by atoms with Gasteiger partial charge in [0.2, 0.25) is 11.4 Å². The number of likely N-dealkylation sites (tertiary alicyclic amines) is 1. The second kappa shape index (κ2) is 9.37. The Morgan fingerprint density at radius 2 is 2.11 bits per heavy atom. The molecule has 2 heterocycles. The van der Waals surface area contributed by atoms with Gasteiger partial charge < -0.3 is 9.64 Å². The van der Waals surface area contributed by atoms with Crippen LogP contribution in [0.4, 0.5) is 0 Å². The lowest BCUT2D eigenvalue weighted by Gasteiger charge is -2.50. The molecular formula is C20H28ClN3O4. The number of amides is 1. The van der Waals surface area contributed by atoms with Gasteiger partial charge in [-0.3, -0.25) is 14.3 Å². The van der Waals surface area contributed by atoms with Gasteiger partial charge in [-0.2, -0.15) is 5.10 Å². The molecule has 3 atom stereocenters. The summed E-state index contributed by atoms with van der Waals surface area (Å²) in [6.07, 6.45) is 2.40. The lowest BCUT2D eigenvalue weighted by atomic mass is 9.76. The molecule has 1 amide bonds. The molecule has 0 saturated carbocycles. The van der Waals surface area contributed by atoms with Gasteiger partial charge in [0.25, 0.3) is 0 Å². The summed E-state index contributed by atoms with van der Waals surface area (Å²) in [4.78, 5) is 38.7. The first-order chi connectivity index (χ1) is 13.2. The Morgan fingerprint density at radius 1 is 1.43 bits per heavy atom. The Labute approximate surface area is 170 Å². The van der Waals surface area contributed by atoms with Crippen molar-refractivity contribution in [2.75, 3.05) is 6.61 Å². The molecule has 7 nitrogen and oxygen atoms in total. The maximum atomic E-state index is 12.8. The zero-order chi connectivity index (χ0) is 21.0. The molecular weight excluding hydrogens is 382 g/mol. The second-order valence-electron chi connectivity index (χ2n) is 7.36. The van der Waals surface area contributed by atoms with E-state index >= 15 is 0 Å². The van der Waals surface area contributed by atoms with Crippen LogP contribution >= 0.6 is 11.6 Å². The first-order valence-electron chi connectivity index (χ1n) is 9.54. The zero-order valence-electron chi connectivity index (χ0n) is 16.9. The molecule has 0 radical (unpaired) electrons. The molecule has 1 aromatic rings. The van der Waals surface area contributed by atoms with Gasteiger partial charge in [-0.05, 0) is 25.3 Å². The average molecular weight is 410 g/mol. The van der Waals surface area contributed by atoms with Crippen LogP contribution in [0, 0.1) is 18.8 Å². The van der Waals surface area contributed by atoms with Crippen LogP contribution in [-0.2, 0) is 20.9 Å². The van der Waals surface area contributed by atoms with Crippen molar-refractivity contribution in [3.63, 3.8) is 0 Å². The van der Waals surface area contributed by atoms with Crippen LogP contribution in [0.3, 0.4) is 0 Å². The number of hydrogen-bond acceptors (Lipinski definition) is 5. The Balaban J connectivity index is 2.17. The maximum Gasteiger partial charge on any atom is 0.344 e. The Hall–Kier alpha value is -2.15. The van der Waals surface area contributed by atoms with Gasteiger partial charge in [-0.1, -0.05) is 45.0 Å². The van der Waals surface area contributed by atoms with E-state index in [-0.39, 0.29) is 36.6 Å². The van der Waals surface area contributed by atoms with Crippen LogP contribution < -0.4 is 0 Å². The number of carbonyl (C=O) groups excluding carboxylic acids is 3. The number of halogens is 1. The van der Waals surface area contributed by atoms with Crippen LogP contribution in [0.25, 0.3) is 0 Å². The topological polar surface area (TPSA) is 81.5 Å². The van der Waals surface area contributed by atoms with E-state index in [0.29, 0.717) is 5.69 Å². The van der Waals surface area contributed by atoms with Crippen molar-refractivity contribution in [3.05, 3.63) is 30.1 Å².